The van der Waals surface area contributed by atoms with Gasteiger partial charge in [-0.1, -0.05) is 0 Å². The molecular formula is C14H25N5O5. The summed E-state index contributed by atoms with van der Waals surface area (Å²) < 4.78 is 10.8. The highest BCUT2D eigenvalue weighted by Gasteiger charge is 2.32. The number of amides is 4. The van der Waals surface area contributed by atoms with Crippen LogP contribution in [0.25, 0.3) is 0 Å². The van der Waals surface area contributed by atoms with Crippen molar-refractivity contribution in [2.45, 2.75) is 18.5 Å². The SMILES string of the molecule is NC(=O)C(NC(=O)NC[C@H]([C@@H]1CCOC1)N1CCOCC1)C(N)=O. The van der Waals surface area contributed by atoms with Crippen molar-refractivity contribution < 1.29 is 23.9 Å². The van der Waals surface area contributed by atoms with Gasteiger partial charge in [-0.15, -0.1) is 0 Å². The third-order valence-electron chi connectivity index (χ3n) is 4.34. The number of primary amides is 2. The van der Waals surface area contributed by atoms with E-state index in [1.54, 1.807) is 0 Å². The summed E-state index contributed by atoms with van der Waals surface area (Å²) in [6, 6.07) is -2.08. The molecule has 2 aliphatic heterocycles. The molecule has 10 nitrogen and oxygen atoms in total. The summed E-state index contributed by atoms with van der Waals surface area (Å²) in [6.07, 6.45) is 0.927. The first-order valence-electron chi connectivity index (χ1n) is 8.01. The third-order valence-corrected chi connectivity index (χ3v) is 4.34. The van der Waals surface area contributed by atoms with E-state index < -0.39 is 23.9 Å². The van der Waals surface area contributed by atoms with Gasteiger partial charge >= 0.3 is 6.03 Å². The molecule has 2 heterocycles. The molecule has 0 aromatic heterocycles. The van der Waals surface area contributed by atoms with Gasteiger partial charge in [0.15, 0.2) is 6.04 Å². The van der Waals surface area contributed by atoms with E-state index in [-0.39, 0.29) is 6.04 Å². The number of hydrogen-bond donors (Lipinski definition) is 4. The molecule has 2 saturated heterocycles. The summed E-state index contributed by atoms with van der Waals surface area (Å²) >= 11 is 0. The van der Waals surface area contributed by atoms with E-state index in [0.29, 0.717) is 38.9 Å². The molecule has 0 aromatic carbocycles. The van der Waals surface area contributed by atoms with Gasteiger partial charge in [-0.3, -0.25) is 14.5 Å². The van der Waals surface area contributed by atoms with Gasteiger partial charge in [-0.05, 0) is 6.42 Å². The Morgan fingerprint density at radius 2 is 1.75 bits per heavy atom. The summed E-state index contributed by atoms with van der Waals surface area (Å²) in [4.78, 5) is 36.4. The molecule has 2 fully saturated rings. The lowest BCUT2D eigenvalue weighted by atomic mass is 9.97. The Balaban J connectivity index is 1.90. The van der Waals surface area contributed by atoms with Crippen LogP contribution in [0.15, 0.2) is 0 Å². The minimum absolute atomic E-state index is 0.0998. The van der Waals surface area contributed by atoms with Crippen LogP contribution in [0.4, 0.5) is 4.79 Å². The van der Waals surface area contributed by atoms with E-state index in [0.717, 1.165) is 19.5 Å². The summed E-state index contributed by atoms with van der Waals surface area (Å²) in [7, 11) is 0. The molecule has 0 unspecified atom stereocenters. The summed E-state index contributed by atoms with van der Waals surface area (Å²) in [6.45, 7) is 4.61. The molecule has 2 aliphatic rings. The van der Waals surface area contributed by atoms with E-state index in [1.807, 2.05) is 0 Å². The lowest BCUT2D eigenvalue weighted by Crippen LogP contribution is -2.57. The van der Waals surface area contributed by atoms with Crippen molar-refractivity contribution in [2.24, 2.45) is 17.4 Å². The van der Waals surface area contributed by atoms with Gasteiger partial charge in [0, 0.05) is 38.2 Å². The highest BCUT2D eigenvalue weighted by molar-refractivity contribution is 6.05. The summed E-state index contributed by atoms with van der Waals surface area (Å²) in [5.74, 6) is -1.68. The summed E-state index contributed by atoms with van der Waals surface area (Å²) in [5.41, 5.74) is 10.1. The van der Waals surface area contributed by atoms with Crippen molar-refractivity contribution in [2.75, 3.05) is 46.1 Å². The van der Waals surface area contributed by atoms with Crippen LogP contribution in [0.1, 0.15) is 6.42 Å². The summed E-state index contributed by atoms with van der Waals surface area (Å²) in [5, 5.41) is 4.88. The Kier molecular flexibility index (Phi) is 6.76. The van der Waals surface area contributed by atoms with Crippen LogP contribution in [-0.4, -0.2) is 80.9 Å². The van der Waals surface area contributed by atoms with Crippen LogP contribution in [-0.2, 0) is 19.1 Å². The molecule has 0 aliphatic carbocycles. The van der Waals surface area contributed by atoms with E-state index >= 15 is 0 Å². The molecule has 2 rings (SSSR count). The van der Waals surface area contributed by atoms with Gasteiger partial charge in [-0.2, -0.15) is 0 Å². The number of hydrogen-bond acceptors (Lipinski definition) is 6. The molecule has 2 atom stereocenters. The van der Waals surface area contributed by atoms with E-state index in [2.05, 4.69) is 15.5 Å². The molecular weight excluding hydrogens is 318 g/mol. The number of carbonyl (C=O) groups excluding carboxylic acids is 3. The van der Waals surface area contributed by atoms with Crippen LogP contribution in [0.2, 0.25) is 0 Å². The number of nitrogens with one attached hydrogen (secondary N) is 2. The van der Waals surface area contributed by atoms with Crippen molar-refractivity contribution >= 4 is 17.8 Å². The van der Waals surface area contributed by atoms with Gasteiger partial charge in [0.2, 0.25) is 11.8 Å². The fraction of sp³-hybridized carbons (Fsp3) is 0.786. The number of morpholine rings is 1. The van der Waals surface area contributed by atoms with Gasteiger partial charge in [0.05, 0.1) is 19.8 Å². The second-order valence-corrected chi connectivity index (χ2v) is 5.93. The molecule has 0 spiro atoms. The second-order valence-electron chi connectivity index (χ2n) is 5.93. The van der Waals surface area contributed by atoms with Crippen LogP contribution < -0.4 is 22.1 Å². The largest absolute Gasteiger partial charge is 0.381 e. The molecule has 0 radical (unpaired) electrons. The predicted octanol–water partition coefficient (Wildman–Crippen LogP) is -2.64. The Labute approximate surface area is 140 Å². The lowest BCUT2D eigenvalue weighted by Gasteiger charge is -2.37. The Bertz CT molecular complexity index is 448. The zero-order chi connectivity index (χ0) is 17.5. The average molecular weight is 343 g/mol. The first-order chi connectivity index (χ1) is 11.5. The minimum atomic E-state index is -1.53. The number of rotatable bonds is 7. The van der Waals surface area contributed by atoms with Gasteiger partial charge < -0.3 is 31.6 Å². The number of nitrogens with two attached hydrogens (primary N) is 2. The Morgan fingerprint density at radius 1 is 1.08 bits per heavy atom. The van der Waals surface area contributed by atoms with Gasteiger partial charge in [-0.25, -0.2) is 4.79 Å². The van der Waals surface area contributed by atoms with E-state index in [1.165, 1.54) is 0 Å². The molecule has 24 heavy (non-hydrogen) atoms. The van der Waals surface area contributed by atoms with Crippen molar-refractivity contribution in [1.82, 2.24) is 15.5 Å². The zero-order valence-corrected chi connectivity index (χ0v) is 13.5. The molecule has 6 N–H and O–H groups in total. The van der Waals surface area contributed by atoms with Gasteiger partial charge in [0.1, 0.15) is 0 Å². The number of nitrogens with zero attached hydrogens (tertiary/aromatic N) is 1. The predicted molar refractivity (Wildman–Crippen MR) is 83.8 cm³/mol. The van der Waals surface area contributed by atoms with Crippen LogP contribution in [0.5, 0.6) is 0 Å². The Hall–Kier alpha value is -1.91. The minimum Gasteiger partial charge on any atom is -0.381 e. The first kappa shape index (κ1) is 18.4. The maximum Gasteiger partial charge on any atom is 0.315 e. The molecule has 10 heteroatoms. The first-order valence-corrected chi connectivity index (χ1v) is 8.01. The number of ether oxygens (including phenoxy) is 2. The van der Waals surface area contributed by atoms with Gasteiger partial charge in [0.25, 0.3) is 0 Å². The topological polar surface area (TPSA) is 149 Å². The standard InChI is InChI=1S/C14H25N5O5/c15-12(20)11(13(16)21)18-14(22)17-7-10(9-1-4-24-8-9)19-2-5-23-6-3-19/h9-11H,1-8H2,(H2,15,20)(H2,16,21)(H2,17,18,22)/t9-,10-/m1/s1. The highest BCUT2D eigenvalue weighted by atomic mass is 16.5. The van der Waals surface area contributed by atoms with E-state index in [9.17, 15) is 14.4 Å². The van der Waals surface area contributed by atoms with Crippen LogP contribution in [0, 0.1) is 5.92 Å². The van der Waals surface area contributed by atoms with Crippen molar-refractivity contribution in [3.05, 3.63) is 0 Å². The normalized spacial score (nSPS) is 23.0. The van der Waals surface area contributed by atoms with Crippen molar-refractivity contribution in [3.8, 4) is 0 Å². The van der Waals surface area contributed by atoms with Crippen molar-refractivity contribution in [3.63, 3.8) is 0 Å². The smallest absolute Gasteiger partial charge is 0.315 e. The maximum absolute atomic E-state index is 12.0. The monoisotopic (exact) mass is 343 g/mol. The van der Waals surface area contributed by atoms with Crippen LogP contribution in [0.3, 0.4) is 0 Å². The Morgan fingerprint density at radius 3 is 2.29 bits per heavy atom. The number of urea groups is 1. The van der Waals surface area contributed by atoms with Crippen LogP contribution >= 0.6 is 0 Å². The quantitative estimate of drug-likeness (QED) is 0.371. The third kappa shape index (κ3) is 5.05. The maximum atomic E-state index is 12.0. The van der Waals surface area contributed by atoms with E-state index in [4.69, 9.17) is 20.9 Å². The fourth-order valence-corrected chi connectivity index (χ4v) is 3.02. The molecule has 0 bridgehead atoms. The fourth-order valence-electron chi connectivity index (χ4n) is 3.02. The van der Waals surface area contributed by atoms with Crippen molar-refractivity contribution in [1.29, 1.82) is 0 Å². The average Bonchev–Trinajstić information content (AvgIpc) is 3.07. The molecule has 4 amide bonds. The molecule has 136 valence electrons. The zero-order valence-electron chi connectivity index (χ0n) is 13.5. The molecule has 0 saturated carbocycles. The number of carbonyl (C=O) groups is 3. The lowest BCUT2D eigenvalue weighted by molar-refractivity contribution is -0.128. The second kappa shape index (κ2) is 8.81. The highest BCUT2D eigenvalue weighted by Crippen LogP contribution is 2.21. The molecule has 0 aromatic rings.